The number of benzene rings is 1. The summed E-state index contributed by atoms with van der Waals surface area (Å²) in [7, 11) is 0. The minimum absolute atomic E-state index is 0.268. The van der Waals surface area contributed by atoms with Crippen LogP contribution in [-0.2, 0) is 0 Å². The Labute approximate surface area is 109 Å². The zero-order chi connectivity index (χ0) is 11.4. The fraction of sp³-hybridized carbons (Fsp3) is 0.154. The molecular formula is C13H13IN2. The Hall–Kier alpha value is -1.10. The largest absolute Gasteiger partial charge is 0.363 e. The van der Waals surface area contributed by atoms with E-state index in [1.807, 2.05) is 24.4 Å². The van der Waals surface area contributed by atoms with Crippen LogP contribution in [0, 0.1) is 3.57 Å². The molecule has 1 heterocycles. The topological polar surface area (TPSA) is 24.9 Å². The maximum Gasteiger partial charge on any atom is 0.139 e. The van der Waals surface area contributed by atoms with Crippen molar-refractivity contribution in [2.24, 2.45) is 0 Å². The van der Waals surface area contributed by atoms with Crippen molar-refractivity contribution in [3.05, 3.63) is 57.8 Å². The fourth-order valence-corrected chi connectivity index (χ4v) is 2.02. The maximum atomic E-state index is 4.33. The van der Waals surface area contributed by atoms with Crippen LogP contribution in [0.25, 0.3) is 0 Å². The third kappa shape index (κ3) is 2.72. The molecule has 1 N–H and O–H groups in total. The standard InChI is InChI=1S/C13H13IN2/c1-10(11-6-3-2-4-7-11)16-13-12(14)8-5-9-15-13/h2-10H,1H3,(H,15,16)/t10-/m0/s1. The molecule has 0 aliphatic rings. The quantitative estimate of drug-likeness (QED) is 0.867. The van der Waals surface area contributed by atoms with Gasteiger partial charge in [0.1, 0.15) is 5.82 Å². The maximum absolute atomic E-state index is 4.33. The molecule has 3 heteroatoms. The van der Waals surface area contributed by atoms with Crippen LogP contribution in [0.2, 0.25) is 0 Å². The first-order valence-electron chi connectivity index (χ1n) is 5.19. The van der Waals surface area contributed by atoms with Gasteiger partial charge in [0, 0.05) is 12.2 Å². The van der Waals surface area contributed by atoms with Gasteiger partial charge in [0.2, 0.25) is 0 Å². The molecule has 0 bridgehead atoms. The number of hydrogen-bond acceptors (Lipinski definition) is 2. The van der Waals surface area contributed by atoms with Crippen LogP contribution in [0.15, 0.2) is 48.7 Å². The van der Waals surface area contributed by atoms with Crippen molar-refractivity contribution in [3.63, 3.8) is 0 Å². The molecule has 1 aromatic carbocycles. The highest BCUT2D eigenvalue weighted by molar-refractivity contribution is 14.1. The van der Waals surface area contributed by atoms with E-state index in [4.69, 9.17) is 0 Å². The van der Waals surface area contributed by atoms with Crippen LogP contribution in [0.1, 0.15) is 18.5 Å². The van der Waals surface area contributed by atoms with Crippen molar-refractivity contribution in [1.29, 1.82) is 0 Å². The number of pyridine rings is 1. The summed E-state index contributed by atoms with van der Waals surface area (Å²) in [5.41, 5.74) is 1.27. The van der Waals surface area contributed by atoms with Crippen LogP contribution >= 0.6 is 22.6 Å². The SMILES string of the molecule is C[C@H](Nc1ncccc1I)c1ccccc1. The van der Waals surface area contributed by atoms with Gasteiger partial charge in [-0.15, -0.1) is 0 Å². The molecule has 0 unspecified atom stereocenters. The van der Waals surface area contributed by atoms with Crippen LogP contribution in [0.5, 0.6) is 0 Å². The summed E-state index contributed by atoms with van der Waals surface area (Å²) in [5, 5.41) is 3.41. The summed E-state index contributed by atoms with van der Waals surface area (Å²) in [4.78, 5) is 4.33. The van der Waals surface area contributed by atoms with Gasteiger partial charge in [-0.3, -0.25) is 0 Å². The second kappa shape index (κ2) is 5.30. The van der Waals surface area contributed by atoms with Gasteiger partial charge >= 0.3 is 0 Å². The van der Waals surface area contributed by atoms with Crippen molar-refractivity contribution < 1.29 is 0 Å². The van der Waals surface area contributed by atoms with E-state index in [0.29, 0.717) is 0 Å². The lowest BCUT2D eigenvalue weighted by Gasteiger charge is -2.15. The third-order valence-electron chi connectivity index (χ3n) is 2.41. The van der Waals surface area contributed by atoms with Crippen molar-refractivity contribution in [3.8, 4) is 0 Å². The second-order valence-corrected chi connectivity index (χ2v) is 4.77. The zero-order valence-electron chi connectivity index (χ0n) is 9.02. The lowest BCUT2D eigenvalue weighted by Crippen LogP contribution is -2.08. The van der Waals surface area contributed by atoms with E-state index in [1.165, 1.54) is 5.56 Å². The van der Waals surface area contributed by atoms with Crippen molar-refractivity contribution in [2.75, 3.05) is 5.32 Å². The molecule has 2 nitrogen and oxygen atoms in total. The van der Waals surface area contributed by atoms with Gasteiger partial charge in [-0.05, 0) is 47.2 Å². The van der Waals surface area contributed by atoms with Crippen molar-refractivity contribution in [2.45, 2.75) is 13.0 Å². The Morgan fingerprint density at radius 2 is 1.88 bits per heavy atom. The summed E-state index contributed by atoms with van der Waals surface area (Å²) in [6.07, 6.45) is 1.81. The number of rotatable bonds is 3. The molecule has 0 radical (unpaired) electrons. The molecule has 0 aliphatic heterocycles. The smallest absolute Gasteiger partial charge is 0.139 e. The third-order valence-corrected chi connectivity index (χ3v) is 3.28. The molecule has 82 valence electrons. The average Bonchev–Trinajstić information content (AvgIpc) is 2.33. The highest BCUT2D eigenvalue weighted by Gasteiger charge is 2.06. The Morgan fingerprint density at radius 3 is 2.56 bits per heavy atom. The first-order valence-corrected chi connectivity index (χ1v) is 6.27. The number of hydrogen-bond donors (Lipinski definition) is 1. The van der Waals surface area contributed by atoms with Gasteiger partial charge in [0.25, 0.3) is 0 Å². The molecule has 1 aromatic heterocycles. The summed E-state index contributed by atoms with van der Waals surface area (Å²) in [6.45, 7) is 2.14. The first kappa shape index (κ1) is 11.4. The van der Waals surface area contributed by atoms with Crippen molar-refractivity contribution >= 4 is 28.4 Å². The molecule has 2 rings (SSSR count). The molecule has 0 saturated heterocycles. The Kier molecular flexibility index (Phi) is 3.77. The molecular weight excluding hydrogens is 311 g/mol. The van der Waals surface area contributed by atoms with Crippen LogP contribution in [0.3, 0.4) is 0 Å². The molecule has 16 heavy (non-hydrogen) atoms. The van der Waals surface area contributed by atoms with Gasteiger partial charge in [-0.2, -0.15) is 0 Å². The van der Waals surface area contributed by atoms with E-state index < -0.39 is 0 Å². The molecule has 0 spiro atoms. The fourth-order valence-electron chi connectivity index (χ4n) is 1.52. The summed E-state index contributed by atoms with van der Waals surface area (Å²) in [5.74, 6) is 0.944. The Morgan fingerprint density at radius 1 is 1.12 bits per heavy atom. The predicted octanol–water partition coefficient (Wildman–Crippen LogP) is 3.86. The molecule has 0 fully saturated rings. The van der Waals surface area contributed by atoms with E-state index in [-0.39, 0.29) is 6.04 Å². The highest BCUT2D eigenvalue weighted by atomic mass is 127. The van der Waals surface area contributed by atoms with Gasteiger partial charge in [-0.1, -0.05) is 30.3 Å². The van der Waals surface area contributed by atoms with E-state index in [9.17, 15) is 0 Å². The number of nitrogens with one attached hydrogen (secondary N) is 1. The van der Waals surface area contributed by atoms with E-state index in [1.54, 1.807) is 0 Å². The van der Waals surface area contributed by atoms with Crippen LogP contribution in [0.4, 0.5) is 5.82 Å². The van der Waals surface area contributed by atoms with Crippen LogP contribution < -0.4 is 5.32 Å². The normalized spacial score (nSPS) is 12.1. The number of halogens is 1. The van der Waals surface area contributed by atoms with Gasteiger partial charge in [-0.25, -0.2) is 4.98 Å². The van der Waals surface area contributed by atoms with Gasteiger partial charge in [0.15, 0.2) is 0 Å². The van der Waals surface area contributed by atoms with Gasteiger partial charge in [0.05, 0.1) is 3.57 Å². The molecule has 1 atom stereocenters. The van der Waals surface area contributed by atoms with E-state index in [2.05, 4.69) is 64.1 Å². The number of anilines is 1. The summed E-state index contributed by atoms with van der Waals surface area (Å²) < 4.78 is 1.14. The Balaban J connectivity index is 2.14. The lowest BCUT2D eigenvalue weighted by atomic mass is 10.1. The van der Waals surface area contributed by atoms with Crippen molar-refractivity contribution in [1.82, 2.24) is 4.98 Å². The van der Waals surface area contributed by atoms with Crippen LogP contribution in [-0.4, -0.2) is 4.98 Å². The van der Waals surface area contributed by atoms with E-state index in [0.717, 1.165) is 9.39 Å². The second-order valence-electron chi connectivity index (χ2n) is 3.61. The summed E-state index contributed by atoms with van der Waals surface area (Å²) in [6, 6.07) is 14.6. The lowest BCUT2D eigenvalue weighted by molar-refractivity contribution is 0.873. The number of nitrogens with zero attached hydrogens (tertiary/aromatic N) is 1. The van der Waals surface area contributed by atoms with Gasteiger partial charge < -0.3 is 5.32 Å². The Bertz CT molecular complexity index is 456. The highest BCUT2D eigenvalue weighted by Crippen LogP contribution is 2.20. The minimum atomic E-state index is 0.268. The van der Waals surface area contributed by atoms with E-state index >= 15 is 0 Å². The summed E-state index contributed by atoms with van der Waals surface area (Å²) >= 11 is 2.29. The molecule has 0 aliphatic carbocycles. The average molecular weight is 324 g/mol. The molecule has 2 aromatic rings. The molecule has 0 amide bonds. The predicted molar refractivity (Wildman–Crippen MR) is 75.4 cm³/mol. The first-order chi connectivity index (χ1) is 7.77. The number of aromatic nitrogens is 1. The zero-order valence-corrected chi connectivity index (χ0v) is 11.2. The molecule has 0 saturated carbocycles. The minimum Gasteiger partial charge on any atom is -0.363 e. The monoisotopic (exact) mass is 324 g/mol.